The highest BCUT2D eigenvalue weighted by Gasteiger charge is 2.17. The first-order valence-corrected chi connectivity index (χ1v) is 6.32. The Morgan fingerprint density at radius 2 is 1.74 bits per heavy atom. The van der Waals surface area contributed by atoms with Crippen molar-refractivity contribution in [3.63, 3.8) is 0 Å². The van der Waals surface area contributed by atoms with Crippen LogP contribution in [-0.2, 0) is 0 Å². The van der Waals surface area contributed by atoms with Crippen LogP contribution in [0.5, 0.6) is 11.5 Å². The smallest absolute Gasteiger partial charge is 0.194 e. The van der Waals surface area contributed by atoms with E-state index >= 15 is 0 Å². The van der Waals surface area contributed by atoms with Crippen molar-refractivity contribution in [2.24, 2.45) is 0 Å². The zero-order valence-corrected chi connectivity index (χ0v) is 10.8. The summed E-state index contributed by atoms with van der Waals surface area (Å²) in [6.45, 7) is 1.03. The summed E-state index contributed by atoms with van der Waals surface area (Å²) >= 11 is 6.04. The maximum atomic E-state index is 12.4. The SMILES string of the molecule is O=C(c1ccc2c(c1)OCCO2)c1ccccc1Cl. The van der Waals surface area contributed by atoms with Crippen LogP contribution in [0.2, 0.25) is 5.02 Å². The van der Waals surface area contributed by atoms with Crippen molar-refractivity contribution in [3.8, 4) is 11.5 Å². The summed E-state index contributed by atoms with van der Waals surface area (Å²) in [5, 5.41) is 0.447. The van der Waals surface area contributed by atoms with Crippen molar-refractivity contribution in [2.75, 3.05) is 13.2 Å². The fourth-order valence-electron chi connectivity index (χ4n) is 1.99. The Kier molecular flexibility index (Phi) is 3.13. The maximum absolute atomic E-state index is 12.4. The lowest BCUT2D eigenvalue weighted by atomic mass is 10.0. The molecule has 1 heterocycles. The van der Waals surface area contributed by atoms with E-state index in [0.717, 1.165) is 0 Å². The lowest BCUT2D eigenvalue weighted by Gasteiger charge is -2.18. The van der Waals surface area contributed by atoms with Crippen LogP contribution in [0.4, 0.5) is 0 Å². The molecule has 0 fully saturated rings. The van der Waals surface area contributed by atoms with Gasteiger partial charge in [-0.15, -0.1) is 0 Å². The van der Waals surface area contributed by atoms with Gasteiger partial charge in [0.25, 0.3) is 0 Å². The van der Waals surface area contributed by atoms with Crippen molar-refractivity contribution < 1.29 is 14.3 Å². The van der Waals surface area contributed by atoms with E-state index in [1.807, 2.05) is 0 Å². The van der Waals surface area contributed by atoms with Gasteiger partial charge < -0.3 is 9.47 Å². The Morgan fingerprint density at radius 1 is 1.00 bits per heavy atom. The standard InChI is InChI=1S/C15H11ClO3/c16-12-4-2-1-3-11(12)15(17)10-5-6-13-14(9-10)19-8-7-18-13/h1-6,9H,7-8H2. The Balaban J connectivity index is 1.98. The number of ether oxygens (including phenoxy) is 2. The van der Waals surface area contributed by atoms with E-state index in [2.05, 4.69) is 0 Å². The van der Waals surface area contributed by atoms with Gasteiger partial charge in [-0.3, -0.25) is 4.79 Å². The first-order valence-electron chi connectivity index (χ1n) is 5.94. The molecule has 0 amide bonds. The van der Waals surface area contributed by atoms with Crippen LogP contribution in [0.15, 0.2) is 42.5 Å². The van der Waals surface area contributed by atoms with Gasteiger partial charge in [0.1, 0.15) is 13.2 Å². The van der Waals surface area contributed by atoms with E-state index in [9.17, 15) is 4.79 Å². The van der Waals surface area contributed by atoms with Crippen LogP contribution in [0.25, 0.3) is 0 Å². The first-order chi connectivity index (χ1) is 9.25. The number of halogens is 1. The summed E-state index contributed by atoms with van der Waals surface area (Å²) in [6, 6.07) is 12.2. The summed E-state index contributed by atoms with van der Waals surface area (Å²) in [5.74, 6) is 1.15. The van der Waals surface area contributed by atoms with Gasteiger partial charge in [-0.2, -0.15) is 0 Å². The minimum absolute atomic E-state index is 0.123. The monoisotopic (exact) mass is 274 g/mol. The molecule has 0 aliphatic carbocycles. The van der Waals surface area contributed by atoms with Crippen molar-refractivity contribution >= 4 is 17.4 Å². The van der Waals surface area contributed by atoms with Crippen molar-refractivity contribution in [2.45, 2.75) is 0 Å². The Hall–Kier alpha value is -2.00. The number of hydrogen-bond donors (Lipinski definition) is 0. The molecule has 19 heavy (non-hydrogen) atoms. The quantitative estimate of drug-likeness (QED) is 0.788. The Labute approximate surface area is 115 Å². The molecule has 0 aromatic heterocycles. The number of carbonyl (C=O) groups excluding carboxylic acids is 1. The molecule has 0 unspecified atom stereocenters. The van der Waals surface area contributed by atoms with E-state index < -0.39 is 0 Å². The summed E-state index contributed by atoms with van der Waals surface area (Å²) in [6.07, 6.45) is 0. The second-order valence-electron chi connectivity index (χ2n) is 4.17. The van der Waals surface area contributed by atoms with Crippen LogP contribution in [0, 0.1) is 0 Å². The second kappa shape index (κ2) is 4.94. The average molecular weight is 275 g/mol. The molecule has 0 saturated heterocycles. The maximum Gasteiger partial charge on any atom is 0.194 e. The zero-order valence-electron chi connectivity index (χ0n) is 10.1. The van der Waals surface area contributed by atoms with E-state index in [1.54, 1.807) is 42.5 Å². The van der Waals surface area contributed by atoms with Crippen LogP contribution in [-0.4, -0.2) is 19.0 Å². The lowest BCUT2D eigenvalue weighted by Crippen LogP contribution is -2.16. The minimum atomic E-state index is -0.123. The van der Waals surface area contributed by atoms with Gasteiger partial charge in [-0.1, -0.05) is 23.7 Å². The van der Waals surface area contributed by atoms with E-state index in [0.29, 0.717) is 40.9 Å². The topological polar surface area (TPSA) is 35.5 Å². The van der Waals surface area contributed by atoms with Gasteiger partial charge in [-0.05, 0) is 30.3 Å². The largest absolute Gasteiger partial charge is 0.486 e. The van der Waals surface area contributed by atoms with Gasteiger partial charge in [0.2, 0.25) is 0 Å². The molecule has 1 aliphatic rings. The zero-order chi connectivity index (χ0) is 13.2. The molecule has 1 aliphatic heterocycles. The van der Waals surface area contributed by atoms with Crippen molar-refractivity contribution in [1.29, 1.82) is 0 Å². The third-order valence-electron chi connectivity index (χ3n) is 2.92. The van der Waals surface area contributed by atoms with Crippen molar-refractivity contribution in [3.05, 3.63) is 58.6 Å². The van der Waals surface area contributed by atoms with Gasteiger partial charge in [0.15, 0.2) is 17.3 Å². The van der Waals surface area contributed by atoms with Gasteiger partial charge in [0.05, 0.1) is 5.02 Å². The number of ketones is 1. The minimum Gasteiger partial charge on any atom is -0.486 e. The molecule has 0 bridgehead atoms. The first kappa shape index (κ1) is 12.1. The molecule has 0 spiro atoms. The van der Waals surface area contributed by atoms with E-state index in [4.69, 9.17) is 21.1 Å². The summed E-state index contributed by atoms with van der Waals surface area (Å²) in [5.41, 5.74) is 1.03. The highest BCUT2D eigenvalue weighted by atomic mass is 35.5. The predicted molar refractivity (Wildman–Crippen MR) is 72.3 cm³/mol. The van der Waals surface area contributed by atoms with Crippen molar-refractivity contribution in [1.82, 2.24) is 0 Å². The van der Waals surface area contributed by atoms with Crippen LogP contribution < -0.4 is 9.47 Å². The van der Waals surface area contributed by atoms with E-state index in [1.165, 1.54) is 0 Å². The van der Waals surface area contributed by atoms with Gasteiger partial charge in [-0.25, -0.2) is 0 Å². The molecular weight excluding hydrogens is 264 g/mol. The summed E-state index contributed by atoms with van der Waals surface area (Å²) < 4.78 is 10.9. The number of benzene rings is 2. The summed E-state index contributed by atoms with van der Waals surface area (Å²) in [7, 11) is 0. The normalized spacial score (nSPS) is 13.1. The van der Waals surface area contributed by atoms with Gasteiger partial charge >= 0.3 is 0 Å². The molecule has 0 N–H and O–H groups in total. The molecule has 0 saturated carbocycles. The predicted octanol–water partition coefficient (Wildman–Crippen LogP) is 3.34. The molecular formula is C15H11ClO3. The lowest BCUT2D eigenvalue weighted by molar-refractivity contribution is 0.103. The fraction of sp³-hybridized carbons (Fsp3) is 0.133. The molecule has 96 valence electrons. The average Bonchev–Trinajstić information content (AvgIpc) is 2.46. The second-order valence-corrected chi connectivity index (χ2v) is 4.57. The van der Waals surface area contributed by atoms with Crippen LogP contribution >= 0.6 is 11.6 Å². The third kappa shape index (κ3) is 2.29. The molecule has 2 aromatic carbocycles. The Morgan fingerprint density at radius 3 is 2.53 bits per heavy atom. The highest BCUT2D eigenvalue weighted by molar-refractivity contribution is 6.35. The molecule has 2 aromatic rings. The fourth-order valence-corrected chi connectivity index (χ4v) is 2.21. The van der Waals surface area contributed by atoms with Gasteiger partial charge in [0, 0.05) is 11.1 Å². The number of hydrogen-bond acceptors (Lipinski definition) is 3. The number of rotatable bonds is 2. The van der Waals surface area contributed by atoms with Crippen LogP contribution in [0.3, 0.4) is 0 Å². The molecule has 0 atom stereocenters. The summed E-state index contributed by atoms with van der Waals surface area (Å²) in [4.78, 5) is 12.4. The molecule has 0 radical (unpaired) electrons. The third-order valence-corrected chi connectivity index (χ3v) is 3.25. The van der Waals surface area contributed by atoms with Crippen LogP contribution in [0.1, 0.15) is 15.9 Å². The highest BCUT2D eigenvalue weighted by Crippen LogP contribution is 2.32. The Bertz CT molecular complexity index is 637. The molecule has 4 heteroatoms. The number of fused-ring (bicyclic) bond motifs is 1. The van der Waals surface area contributed by atoms with E-state index in [-0.39, 0.29) is 5.78 Å². The number of carbonyl (C=O) groups is 1. The molecule has 3 nitrogen and oxygen atoms in total. The molecule has 3 rings (SSSR count).